The summed E-state index contributed by atoms with van der Waals surface area (Å²) in [7, 11) is -3.67. The van der Waals surface area contributed by atoms with E-state index >= 15 is 0 Å². The molecule has 31 heavy (non-hydrogen) atoms. The van der Waals surface area contributed by atoms with Crippen LogP contribution in [0.25, 0.3) is 0 Å². The Morgan fingerprint density at radius 1 is 1.26 bits per heavy atom. The molecule has 1 heterocycles. The summed E-state index contributed by atoms with van der Waals surface area (Å²) >= 11 is 0. The SMILES string of the molecule is CCN(CC)S(=O)(=O)c1cccc(NC(=O)CN2C(=O)N[C@@]3(CCCC[C@@H]3C)C2=O)c1. The van der Waals surface area contributed by atoms with Crippen molar-refractivity contribution >= 4 is 33.6 Å². The van der Waals surface area contributed by atoms with Crippen LogP contribution in [0.1, 0.15) is 46.5 Å². The number of sulfonamides is 1. The Labute approximate surface area is 183 Å². The van der Waals surface area contributed by atoms with Crippen molar-refractivity contribution in [1.29, 1.82) is 0 Å². The number of benzene rings is 1. The summed E-state index contributed by atoms with van der Waals surface area (Å²) in [6.07, 6.45) is 3.28. The Hall–Kier alpha value is -2.46. The number of rotatable bonds is 7. The molecule has 0 unspecified atom stereocenters. The largest absolute Gasteiger partial charge is 0.325 e. The van der Waals surface area contributed by atoms with E-state index < -0.39 is 34.0 Å². The lowest BCUT2D eigenvalue weighted by molar-refractivity contribution is -0.136. The lowest BCUT2D eigenvalue weighted by Crippen LogP contribution is -2.54. The first kappa shape index (κ1) is 23.2. The first-order chi connectivity index (χ1) is 14.7. The van der Waals surface area contributed by atoms with Crippen molar-refractivity contribution in [2.75, 3.05) is 25.0 Å². The Morgan fingerprint density at radius 3 is 2.61 bits per heavy atom. The molecule has 1 aromatic carbocycles. The van der Waals surface area contributed by atoms with E-state index in [4.69, 9.17) is 0 Å². The predicted octanol–water partition coefficient (Wildman–Crippen LogP) is 2.16. The maximum atomic E-state index is 13.0. The first-order valence-electron chi connectivity index (χ1n) is 10.7. The van der Waals surface area contributed by atoms with Crippen molar-refractivity contribution in [1.82, 2.24) is 14.5 Å². The molecule has 10 heteroatoms. The standard InChI is InChI=1S/C21H30N4O5S/c1-4-24(5-2)31(29,30)17-11-8-10-16(13-17)22-18(26)14-25-19(27)21(23-20(25)28)12-7-6-9-15(21)3/h8,10-11,13,15H,4-7,9,12,14H2,1-3H3,(H,22,26)(H,23,28)/t15-,21+/m0/s1. The molecule has 0 bridgehead atoms. The van der Waals surface area contributed by atoms with Gasteiger partial charge in [-0.1, -0.05) is 39.7 Å². The summed E-state index contributed by atoms with van der Waals surface area (Å²) in [5, 5.41) is 5.42. The van der Waals surface area contributed by atoms with Crippen molar-refractivity contribution < 1.29 is 22.8 Å². The van der Waals surface area contributed by atoms with Gasteiger partial charge in [-0.3, -0.25) is 14.5 Å². The minimum Gasteiger partial charge on any atom is -0.324 e. The molecule has 170 valence electrons. The van der Waals surface area contributed by atoms with Gasteiger partial charge in [-0.25, -0.2) is 13.2 Å². The summed E-state index contributed by atoms with van der Waals surface area (Å²) in [5.41, 5.74) is -0.640. The fourth-order valence-electron chi connectivity index (χ4n) is 4.43. The molecule has 3 rings (SSSR count). The molecule has 0 aromatic heterocycles. The highest BCUT2D eigenvalue weighted by Crippen LogP contribution is 2.38. The van der Waals surface area contributed by atoms with Crippen molar-refractivity contribution in [3.05, 3.63) is 24.3 Å². The third-order valence-corrected chi connectivity index (χ3v) is 8.31. The van der Waals surface area contributed by atoms with E-state index in [0.29, 0.717) is 19.5 Å². The summed E-state index contributed by atoms with van der Waals surface area (Å²) in [6.45, 7) is 5.70. The quantitative estimate of drug-likeness (QED) is 0.618. The van der Waals surface area contributed by atoms with Crippen molar-refractivity contribution in [2.24, 2.45) is 5.92 Å². The second-order valence-electron chi connectivity index (χ2n) is 8.10. The van der Waals surface area contributed by atoms with E-state index in [9.17, 15) is 22.8 Å². The topological polar surface area (TPSA) is 116 Å². The number of amides is 4. The number of nitrogens with zero attached hydrogens (tertiary/aromatic N) is 2. The highest BCUT2D eigenvalue weighted by Gasteiger charge is 2.55. The first-order valence-corrected chi connectivity index (χ1v) is 12.1. The number of hydrogen-bond acceptors (Lipinski definition) is 5. The van der Waals surface area contributed by atoms with Crippen LogP contribution < -0.4 is 10.6 Å². The van der Waals surface area contributed by atoms with Crippen LogP contribution in [0.5, 0.6) is 0 Å². The number of hydrogen-bond donors (Lipinski definition) is 2. The molecule has 1 saturated carbocycles. The summed E-state index contributed by atoms with van der Waals surface area (Å²) in [4.78, 5) is 39.0. The van der Waals surface area contributed by atoms with E-state index in [0.717, 1.165) is 24.2 Å². The molecule has 2 aliphatic rings. The van der Waals surface area contributed by atoms with Crippen LogP contribution in [0.2, 0.25) is 0 Å². The third kappa shape index (κ3) is 4.31. The average Bonchev–Trinajstić information content (AvgIpc) is 2.96. The Morgan fingerprint density at radius 2 is 1.97 bits per heavy atom. The van der Waals surface area contributed by atoms with Crippen molar-refractivity contribution in [2.45, 2.75) is 56.9 Å². The van der Waals surface area contributed by atoms with Crippen LogP contribution in [0.4, 0.5) is 10.5 Å². The van der Waals surface area contributed by atoms with Gasteiger partial charge in [-0.2, -0.15) is 4.31 Å². The second-order valence-corrected chi connectivity index (χ2v) is 10.0. The Kier molecular flexibility index (Phi) is 6.70. The molecule has 1 aromatic rings. The van der Waals surface area contributed by atoms with Gasteiger partial charge in [0.2, 0.25) is 15.9 Å². The van der Waals surface area contributed by atoms with Crippen molar-refractivity contribution in [3.8, 4) is 0 Å². The van der Waals surface area contributed by atoms with E-state index in [1.807, 2.05) is 6.92 Å². The van der Waals surface area contributed by atoms with Crippen LogP contribution in [-0.2, 0) is 19.6 Å². The maximum absolute atomic E-state index is 13.0. The number of anilines is 1. The molecule has 2 fully saturated rings. The van der Waals surface area contributed by atoms with E-state index in [1.54, 1.807) is 26.0 Å². The highest BCUT2D eigenvalue weighted by molar-refractivity contribution is 7.89. The minimum absolute atomic E-state index is 0.00715. The highest BCUT2D eigenvalue weighted by atomic mass is 32.2. The molecule has 9 nitrogen and oxygen atoms in total. The van der Waals surface area contributed by atoms with Gasteiger partial charge >= 0.3 is 6.03 Å². The van der Waals surface area contributed by atoms with Gasteiger partial charge in [0, 0.05) is 18.8 Å². The zero-order chi connectivity index (χ0) is 22.8. The monoisotopic (exact) mass is 450 g/mol. The number of carbonyl (C=O) groups is 3. The van der Waals surface area contributed by atoms with Crippen LogP contribution in [0.15, 0.2) is 29.2 Å². The van der Waals surface area contributed by atoms with Crippen LogP contribution >= 0.6 is 0 Å². The van der Waals surface area contributed by atoms with Gasteiger partial charge in [-0.15, -0.1) is 0 Å². The van der Waals surface area contributed by atoms with E-state index in [-0.39, 0.29) is 22.4 Å². The lowest BCUT2D eigenvalue weighted by Gasteiger charge is -2.36. The second kappa shape index (κ2) is 8.96. The van der Waals surface area contributed by atoms with E-state index in [1.165, 1.54) is 16.4 Å². The molecule has 0 radical (unpaired) electrons. The molecule has 2 atom stereocenters. The maximum Gasteiger partial charge on any atom is 0.325 e. The van der Waals surface area contributed by atoms with Crippen LogP contribution in [-0.4, -0.2) is 60.6 Å². The van der Waals surface area contributed by atoms with Gasteiger partial charge in [0.15, 0.2) is 0 Å². The molecule has 1 saturated heterocycles. The molecule has 2 N–H and O–H groups in total. The van der Waals surface area contributed by atoms with E-state index in [2.05, 4.69) is 10.6 Å². The number of urea groups is 1. The normalized spacial score (nSPS) is 24.0. The number of carbonyl (C=O) groups excluding carboxylic acids is 3. The Bertz CT molecular complexity index is 976. The smallest absolute Gasteiger partial charge is 0.324 e. The Balaban J connectivity index is 1.72. The zero-order valence-corrected chi connectivity index (χ0v) is 19.0. The van der Waals surface area contributed by atoms with Crippen LogP contribution in [0.3, 0.4) is 0 Å². The molecular formula is C21H30N4O5S. The summed E-state index contributed by atoms with van der Waals surface area (Å²) in [5.74, 6) is -0.924. The molecular weight excluding hydrogens is 420 g/mol. The fourth-order valence-corrected chi connectivity index (χ4v) is 5.93. The zero-order valence-electron chi connectivity index (χ0n) is 18.2. The minimum atomic E-state index is -3.67. The molecule has 1 aliphatic heterocycles. The summed E-state index contributed by atoms with van der Waals surface area (Å²) in [6, 6.07) is 5.39. The number of nitrogens with one attached hydrogen (secondary N) is 2. The van der Waals surface area contributed by atoms with Crippen LogP contribution in [0, 0.1) is 5.92 Å². The molecule has 1 spiro atoms. The average molecular weight is 451 g/mol. The molecule has 4 amide bonds. The predicted molar refractivity (Wildman–Crippen MR) is 116 cm³/mol. The number of imide groups is 1. The molecule has 1 aliphatic carbocycles. The van der Waals surface area contributed by atoms with Gasteiger partial charge < -0.3 is 10.6 Å². The fraction of sp³-hybridized carbons (Fsp3) is 0.571. The summed E-state index contributed by atoms with van der Waals surface area (Å²) < 4.78 is 26.7. The van der Waals surface area contributed by atoms with Gasteiger partial charge in [0.05, 0.1) is 4.90 Å². The lowest BCUT2D eigenvalue weighted by atomic mass is 9.73. The van der Waals surface area contributed by atoms with Gasteiger partial charge in [0.25, 0.3) is 5.91 Å². The third-order valence-electron chi connectivity index (χ3n) is 6.26. The van der Waals surface area contributed by atoms with Gasteiger partial charge in [-0.05, 0) is 37.0 Å². The van der Waals surface area contributed by atoms with Gasteiger partial charge in [0.1, 0.15) is 12.1 Å². The van der Waals surface area contributed by atoms with Crippen molar-refractivity contribution in [3.63, 3.8) is 0 Å².